The Labute approximate surface area is 197 Å². The van der Waals surface area contributed by atoms with Gasteiger partial charge in [0.2, 0.25) is 0 Å². The lowest BCUT2D eigenvalue weighted by atomic mass is 10.2. The lowest BCUT2D eigenvalue weighted by molar-refractivity contribution is 0.0961. The number of nitrogens with zero attached hydrogens (tertiary/aromatic N) is 3. The van der Waals surface area contributed by atoms with E-state index in [-0.39, 0.29) is 11.7 Å². The van der Waals surface area contributed by atoms with Gasteiger partial charge < -0.3 is 18.8 Å². The molecule has 7 nitrogen and oxygen atoms in total. The smallest absolute Gasteiger partial charge is 0.295 e. The normalized spacial score (nSPS) is 11.4. The van der Waals surface area contributed by atoms with Crippen molar-refractivity contribution in [3.8, 4) is 11.5 Å². The number of fused-ring (bicyclic) bond motifs is 2. The average molecular weight is 468 g/mol. The number of hydrogen-bond donors (Lipinski definition) is 0. The quantitative estimate of drug-likeness (QED) is 0.309. The summed E-state index contributed by atoms with van der Waals surface area (Å²) >= 11 is 1.48. The Morgan fingerprint density at radius 3 is 2.52 bits per heavy atom. The number of furan rings is 1. The topological polar surface area (TPSA) is 68.0 Å². The highest BCUT2D eigenvalue weighted by atomic mass is 32.1. The van der Waals surface area contributed by atoms with Gasteiger partial charge in [-0.3, -0.25) is 9.69 Å². The maximum absolute atomic E-state index is 13.7. The highest BCUT2D eigenvalue weighted by molar-refractivity contribution is 7.22. The molecule has 0 aliphatic carbocycles. The summed E-state index contributed by atoms with van der Waals surface area (Å²) in [5.74, 6) is 1.41. The fraction of sp³-hybridized carbons (Fsp3) is 0.360. The molecule has 0 bridgehead atoms. The van der Waals surface area contributed by atoms with Gasteiger partial charge in [0.05, 0.1) is 17.9 Å². The second-order valence-corrected chi connectivity index (χ2v) is 8.87. The van der Waals surface area contributed by atoms with Crippen LogP contribution in [0.4, 0.5) is 5.13 Å². The summed E-state index contributed by atoms with van der Waals surface area (Å²) in [5.41, 5.74) is 1.35. The number of aromatic nitrogens is 1. The molecule has 0 atom stereocenters. The molecule has 2 aromatic heterocycles. The molecule has 0 aliphatic rings. The Morgan fingerprint density at radius 1 is 1.03 bits per heavy atom. The number of thiazole rings is 1. The second kappa shape index (κ2) is 10.2. The summed E-state index contributed by atoms with van der Waals surface area (Å²) in [6.45, 7) is 6.32. The van der Waals surface area contributed by atoms with Gasteiger partial charge in [-0.1, -0.05) is 29.5 Å². The summed E-state index contributed by atoms with van der Waals surface area (Å²) < 4.78 is 18.4. The third-order valence-electron chi connectivity index (χ3n) is 5.15. The molecule has 33 heavy (non-hydrogen) atoms. The first kappa shape index (κ1) is 23.1. The molecule has 2 aromatic carbocycles. The van der Waals surface area contributed by atoms with Gasteiger partial charge in [-0.15, -0.1) is 0 Å². The Morgan fingerprint density at radius 2 is 1.76 bits per heavy atom. The molecule has 8 heteroatoms. The van der Waals surface area contributed by atoms with Crippen molar-refractivity contribution in [3.05, 3.63) is 48.2 Å². The van der Waals surface area contributed by atoms with Crippen LogP contribution in [-0.4, -0.2) is 56.2 Å². The van der Waals surface area contributed by atoms with Crippen LogP contribution in [0.1, 0.15) is 30.8 Å². The largest absolute Gasteiger partial charge is 0.492 e. The van der Waals surface area contributed by atoms with Gasteiger partial charge in [-0.05, 0) is 65.2 Å². The molecule has 0 spiro atoms. The highest BCUT2D eigenvalue weighted by Gasteiger charge is 2.25. The van der Waals surface area contributed by atoms with E-state index in [0.717, 1.165) is 34.3 Å². The lowest BCUT2D eigenvalue weighted by Crippen LogP contribution is -2.33. The fourth-order valence-electron chi connectivity index (χ4n) is 3.67. The molecule has 0 fully saturated rings. The first-order valence-electron chi connectivity index (χ1n) is 11.2. The molecule has 0 saturated carbocycles. The van der Waals surface area contributed by atoms with Crippen molar-refractivity contribution in [3.63, 3.8) is 0 Å². The van der Waals surface area contributed by atoms with Gasteiger partial charge in [-0.25, -0.2) is 4.98 Å². The highest BCUT2D eigenvalue weighted by Crippen LogP contribution is 2.36. The minimum atomic E-state index is -0.218. The van der Waals surface area contributed by atoms with E-state index in [4.69, 9.17) is 18.9 Å². The number of ether oxygens (including phenoxy) is 2. The van der Waals surface area contributed by atoms with Crippen LogP contribution in [0.2, 0.25) is 0 Å². The van der Waals surface area contributed by atoms with Gasteiger partial charge >= 0.3 is 0 Å². The average Bonchev–Trinajstić information content (AvgIpc) is 3.42. The van der Waals surface area contributed by atoms with E-state index in [1.54, 1.807) is 11.0 Å². The first-order valence-corrected chi connectivity index (χ1v) is 12.0. The molecule has 4 aromatic rings. The zero-order valence-corrected chi connectivity index (χ0v) is 20.3. The van der Waals surface area contributed by atoms with Gasteiger partial charge in [0, 0.05) is 11.9 Å². The van der Waals surface area contributed by atoms with E-state index in [1.165, 1.54) is 11.3 Å². The summed E-state index contributed by atoms with van der Waals surface area (Å²) in [5, 5.41) is 1.46. The number of hydrogen-bond acceptors (Lipinski definition) is 7. The zero-order chi connectivity index (χ0) is 23.4. The zero-order valence-electron chi connectivity index (χ0n) is 19.5. The van der Waals surface area contributed by atoms with Crippen LogP contribution in [0.15, 0.2) is 46.9 Å². The standard InChI is InChI=1S/C25H29N3O4S/c1-5-30-18-11-8-13-21-22(18)26-25(33-21)28(15-9-14-27(3)4)24(29)20-16-17-10-7-12-19(31-6-2)23(17)32-20/h7-8,10-13,16H,5-6,9,14-15H2,1-4H3. The van der Waals surface area contributed by atoms with Crippen molar-refractivity contribution in [1.82, 2.24) is 9.88 Å². The van der Waals surface area contributed by atoms with Gasteiger partial charge in [-0.2, -0.15) is 0 Å². The predicted octanol–water partition coefficient (Wildman–Crippen LogP) is 5.44. The van der Waals surface area contributed by atoms with Crippen molar-refractivity contribution in [2.45, 2.75) is 20.3 Å². The Balaban J connectivity index is 1.72. The Kier molecular flexibility index (Phi) is 7.15. The molecule has 174 valence electrons. The van der Waals surface area contributed by atoms with E-state index >= 15 is 0 Å². The van der Waals surface area contributed by atoms with Crippen molar-refractivity contribution < 1.29 is 18.7 Å². The molecule has 0 unspecified atom stereocenters. The maximum Gasteiger partial charge on any atom is 0.295 e. The van der Waals surface area contributed by atoms with Gasteiger partial charge in [0.1, 0.15) is 11.3 Å². The number of anilines is 1. The van der Waals surface area contributed by atoms with E-state index in [2.05, 4.69) is 4.90 Å². The molecular formula is C25H29N3O4S. The van der Waals surface area contributed by atoms with Crippen LogP contribution in [0.3, 0.4) is 0 Å². The number of para-hydroxylation sites is 2. The van der Waals surface area contributed by atoms with E-state index < -0.39 is 0 Å². The van der Waals surface area contributed by atoms with Crippen molar-refractivity contribution in [1.29, 1.82) is 0 Å². The molecule has 0 aliphatic heterocycles. The van der Waals surface area contributed by atoms with E-state index in [9.17, 15) is 4.79 Å². The van der Waals surface area contributed by atoms with Crippen LogP contribution in [0, 0.1) is 0 Å². The first-order chi connectivity index (χ1) is 16.0. The number of carbonyl (C=O) groups is 1. The third-order valence-corrected chi connectivity index (χ3v) is 6.20. The third kappa shape index (κ3) is 4.96. The van der Waals surface area contributed by atoms with Crippen molar-refractivity contribution >= 4 is 43.6 Å². The Bertz CT molecular complexity index is 1250. The lowest BCUT2D eigenvalue weighted by Gasteiger charge is -2.19. The number of carbonyl (C=O) groups excluding carboxylic acids is 1. The SMILES string of the molecule is CCOc1cccc2sc(N(CCCN(C)C)C(=O)c3cc4cccc(OCC)c4o3)nc12. The fourth-order valence-corrected chi connectivity index (χ4v) is 4.68. The maximum atomic E-state index is 13.7. The summed E-state index contributed by atoms with van der Waals surface area (Å²) in [4.78, 5) is 22.3. The monoisotopic (exact) mass is 467 g/mol. The van der Waals surface area contributed by atoms with Crippen LogP contribution >= 0.6 is 11.3 Å². The van der Waals surface area contributed by atoms with E-state index in [0.29, 0.717) is 36.2 Å². The molecule has 2 heterocycles. The summed E-state index contributed by atoms with van der Waals surface area (Å²) in [6, 6.07) is 13.3. The van der Waals surface area contributed by atoms with Crippen molar-refractivity contribution in [2.24, 2.45) is 0 Å². The van der Waals surface area contributed by atoms with E-state index in [1.807, 2.05) is 64.3 Å². The molecule has 0 saturated heterocycles. The van der Waals surface area contributed by atoms with Crippen LogP contribution in [-0.2, 0) is 0 Å². The van der Waals surface area contributed by atoms with Crippen LogP contribution in [0.5, 0.6) is 11.5 Å². The minimum Gasteiger partial charge on any atom is -0.492 e. The molecule has 4 rings (SSSR count). The van der Waals surface area contributed by atoms with Gasteiger partial charge in [0.25, 0.3) is 5.91 Å². The predicted molar refractivity (Wildman–Crippen MR) is 133 cm³/mol. The van der Waals surface area contributed by atoms with Crippen molar-refractivity contribution in [2.75, 3.05) is 45.3 Å². The number of benzene rings is 2. The number of rotatable bonds is 10. The second-order valence-electron chi connectivity index (χ2n) is 7.86. The summed E-state index contributed by atoms with van der Waals surface area (Å²) in [7, 11) is 4.04. The molecule has 0 radical (unpaired) electrons. The Hall–Kier alpha value is -3.10. The summed E-state index contributed by atoms with van der Waals surface area (Å²) in [6.07, 6.45) is 0.803. The molecular weight excluding hydrogens is 438 g/mol. The number of amides is 1. The van der Waals surface area contributed by atoms with Crippen LogP contribution < -0.4 is 14.4 Å². The van der Waals surface area contributed by atoms with Gasteiger partial charge in [0.15, 0.2) is 22.2 Å². The minimum absolute atomic E-state index is 0.218. The van der Waals surface area contributed by atoms with Crippen LogP contribution in [0.25, 0.3) is 21.2 Å². The molecule has 0 N–H and O–H groups in total. The molecule has 1 amide bonds.